The van der Waals surface area contributed by atoms with E-state index in [1.54, 1.807) is 0 Å². The Hall–Kier alpha value is -0.770. The molecule has 0 unspecified atom stereocenters. The first-order chi connectivity index (χ1) is 8.28. The van der Waals surface area contributed by atoms with Gasteiger partial charge in [0.15, 0.2) is 0 Å². The molecule has 2 aromatic carbocycles. The maximum atomic E-state index is 5.63. The van der Waals surface area contributed by atoms with Gasteiger partial charge < -0.3 is 5.73 Å². The molecule has 0 saturated heterocycles. The minimum Gasteiger partial charge on any atom is -0.326 e. The lowest BCUT2D eigenvalue weighted by Gasteiger charge is -2.04. The lowest BCUT2D eigenvalue weighted by Crippen LogP contribution is -1.96. The minimum atomic E-state index is 0.607. The van der Waals surface area contributed by atoms with Crippen molar-refractivity contribution in [2.75, 3.05) is 0 Å². The fourth-order valence-corrected chi connectivity index (χ4v) is 3.02. The number of hydrogen-bond donors (Lipinski definition) is 1. The van der Waals surface area contributed by atoms with Crippen LogP contribution in [0, 0.1) is 0 Å². The van der Waals surface area contributed by atoms with Crippen LogP contribution in [0.1, 0.15) is 11.1 Å². The molecule has 2 rings (SSSR count). The van der Waals surface area contributed by atoms with E-state index in [-0.39, 0.29) is 0 Å². The Morgan fingerprint density at radius 2 is 1.76 bits per heavy atom. The fraction of sp³-hybridized carbons (Fsp3) is 0.143. The molecule has 0 fully saturated rings. The maximum absolute atomic E-state index is 5.63. The number of benzene rings is 2. The van der Waals surface area contributed by atoms with Gasteiger partial charge in [0.2, 0.25) is 0 Å². The van der Waals surface area contributed by atoms with E-state index in [2.05, 4.69) is 58.4 Å². The average Bonchev–Trinajstić information content (AvgIpc) is 2.37. The fourth-order valence-electron chi connectivity index (χ4n) is 1.57. The van der Waals surface area contributed by atoms with Gasteiger partial charge in [-0.15, -0.1) is 11.8 Å². The quantitative estimate of drug-likeness (QED) is 0.857. The van der Waals surface area contributed by atoms with Gasteiger partial charge in [0.25, 0.3) is 0 Å². The smallest absolute Gasteiger partial charge is 0.0232 e. The molecule has 0 aliphatic rings. The summed E-state index contributed by atoms with van der Waals surface area (Å²) in [4.78, 5) is 1.28. The SMILES string of the molecule is NCc1cccc(CSc2cccc(Br)c2)c1. The largest absolute Gasteiger partial charge is 0.326 e. The second-order valence-electron chi connectivity index (χ2n) is 3.77. The van der Waals surface area contributed by atoms with E-state index >= 15 is 0 Å². The molecule has 3 heteroatoms. The monoisotopic (exact) mass is 307 g/mol. The van der Waals surface area contributed by atoms with Gasteiger partial charge >= 0.3 is 0 Å². The molecule has 17 heavy (non-hydrogen) atoms. The molecule has 2 aromatic rings. The Morgan fingerprint density at radius 3 is 2.53 bits per heavy atom. The molecule has 0 bridgehead atoms. The van der Waals surface area contributed by atoms with Gasteiger partial charge in [-0.25, -0.2) is 0 Å². The molecular weight excluding hydrogens is 294 g/mol. The Kier molecular flexibility index (Phi) is 4.66. The highest BCUT2D eigenvalue weighted by molar-refractivity contribution is 9.10. The van der Waals surface area contributed by atoms with Crippen molar-refractivity contribution < 1.29 is 0 Å². The number of thioether (sulfide) groups is 1. The van der Waals surface area contributed by atoms with Crippen molar-refractivity contribution in [3.8, 4) is 0 Å². The predicted molar refractivity (Wildman–Crippen MR) is 78.0 cm³/mol. The summed E-state index contributed by atoms with van der Waals surface area (Å²) in [7, 11) is 0. The van der Waals surface area contributed by atoms with Crippen molar-refractivity contribution in [1.82, 2.24) is 0 Å². The van der Waals surface area contributed by atoms with Crippen molar-refractivity contribution in [2.24, 2.45) is 5.73 Å². The molecular formula is C14H14BrNS. The van der Waals surface area contributed by atoms with Crippen LogP contribution in [-0.4, -0.2) is 0 Å². The van der Waals surface area contributed by atoms with E-state index < -0.39 is 0 Å². The summed E-state index contributed by atoms with van der Waals surface area (Å²) in [5.74, 6) is 0.976. The van der Waals surface area contributed by atoms with Gasteiger partial charge in [-0.2, -0.15) is 0 Å². The van der Waals surface area contributed by atoms with Crippen molar-refractivity contribution in [3.63, 3.8) is 0 Å². The van der Waals surface area contributed by atoms with Crippen LogP contribution in [0.3, 0.4) is 0 Å². The Labute approximate surface area is 115 Å². The van der Waals surface area contributed by atoms with Crippen LogP contribution >= 0.6 is 27.7 Å². The first-order valence-corrected chi connectivity index (χ1v) is 7.22. The van der Waals surface area contributed by atoms with Crippen molar-refractivity contribution >= 4 is 27.7 Å². The Morgan fingerprint density at radius 1 is 1.00 bits per heavy atom. The van der Waals surface area contributed by atoms with Crippen LogP contribution < -0.4 is 5.73 Å². The van der Waals surface area contributed by atoms with Gasteiger partial charge in [0, 0.05) is 21.7 Å². The molecule has 2 N–H and O–H groups in total. The molecule has 0 heterocycles. The van der Waals surface area contributed by atoms with Gasteiger partial charge in [0.1, 0.15) is 0 Å². The van der Waals surface area contributed by atoms with Gasteiger partial charge in [-0.1, -0.05) is 46.3 Å². The van der Waals surface area contributed by atoms with Crippen LogP contribution in [0.15, 0.2) is 57.9 Å². The van der Waals surface area contributed by atoms with E-state index in [9.17, 15) is 0 Å². The summed E-state index contributed by atoms with van der Waals surface area (Å²) >= 11 is 5.32. The van der Waals surface area contributed by atoms with Crippen LogP contribution in [0.4, 0.5) is 0 Å². The molecule has 0 radical (unpaired) electrons. The second kappa shape index (κ2) is 6.24. The summed E-state index contributed by atoms with van der Waals surface area (Å²) in [5, 5.41) is 0. The van der Waals surface area contributed by atoms with Crippen molar-refractivity contribution in [3.05, 3.63) is 64.1 Å². The van der Waals surface area contributed by atoms with Gasteiger partial charge in [0.05, 0.1) is 0 Å². The average molecular weight is 308 g/mol. The normalized spacial score (nSPS) is 10.5. The van der Waals surface area contributed by atoms with Crippen molar-refractivity contribution in [1.29, 1.82) is 0 Å². The van der Waals surface area contributed by atoms with E-state index in [1.807, 2.05) is 17.8 Å². The van der Waals surface area contributed by atoms with Crippen LogP contribution in [0.2, 0.25) is 0 Å². The highest BCUT2D eigenvalue weighted by Crippen LogP contribution is 2.25. The first kappa shape index (κ1) is 12.7. The molecule has 88 valence electrons. The zero-order valence-electron chi connectivity index (χ0n) is 9.40. The zero-order chi connectivity index (χ0) is 12.1. The van der Waals surface area contributed by atoms with E-state index in [1.165, 1.54) is 16.0 Å². The number of nitrogens with two attached hydrogens (primary N) is 1. The third-order valence-electron chi connectivity index (χ3n) is 2.43. The minimum absolute atomic E-state index is 0.607. The van der Waals surface area contributed by atoms with Gasteiger partial charge in [-0.3, -0.25) is 0 Å². The predicted octanol–water partition coefficient (Wildman–Crippen LogP) is 4.20. The van der Waals surface area contributed by atoms with E-state index in [0.29, 0.717) is 6.54 Å². The molecule has 1 nitrogen and oxygen atoms in total. The Balaban J connectivity index is 2.02. The zero-order valence-corrected chi connectivity index (χ0v) is 11.8. The molecule has 0 spiro atoms. The molecule has 0 amide bonds. The molecule has 0 aromatic heterocycles. The van der Waals surface area contributed by atoms with Gasteiger partial charge in [-0.05, 0) is 29.3 Å². The molecule has 0 aliphatic heterocycles. The van der Waals surface area contributed by atoms with E-state index in [4.69, 9.17) is 5.73 Å². The topological polar surface area (TPSA) is 26.0 Å². The second-order valence-corrected chi connectivity index (χ2v) is 5.73. The third kappa shape index (κ3) is 3.87. The summed E-state index contributed by atoms with van der Waals surface area (Å²) in [6.07, 6.45) is 0. The van der Waals surface area contributed by atoms with Crippen LogP contribution in [0.5, 0.6) is 0 Å². The molecule has 0 aliphatic carbocycles. The standard InChI is InChI=1S/C14H14BrNS/c15-13-5-2-6-14(8-13)17-10-12-4-1-3-11(7-12)9-16/h1-8H,9-10,16H2. The van der Waals surface area contributed by atoms with Crippen LogP contribution in [-0.2, 0) is 12.3 Å². The highest BCUT2D eigenvalue weighted by atomic mass is 79.9. The third-order valence-corrected chi connectivity index (χ3v) is 3.99. The number of hydrogen-bond acceptors (Lipinski definition) is 2. The van der Waals surface area contributed by atoms with Crippen LogP contribution in [0.25, 0.3) is 0 Å². The highest BCUT2D eigenvalue weighted by Gasteiger charge is 1.98. The first-order valence-electron chi connectivity index (χ1n) is 5.44. The summed E-state index contributed by atoms with van der Waals surface area (Å²) in [6.45, 7) is 0.607. The lowest BCUT2D eigenvalue weighted by atomic mass is 10.1. The summed E-state index contributed by atoms with van der Waals surface area (Å²) in [6, 6.07) is 16.8. The summed E-state index contributed by atoms with van der Waals surface area (Å²) < 4.78 is 1.12. The summed E-state index contributed by atoms with van der Waals surface area (Å²) in [5.41, 5.74) is 8.14. The number of rotatable bonds is 4. The number of halogens is 1. The Bertz CT molecular complexity index is 499. The van der Waals surface area contributed by atoms with E-state index in [0.717, 1.165) is 10.2 Å². The molecule has 0 saturated carbocycles. The lowest BCUT2D eigenvalue weighted by molar-refractivity contribution is 1.06. The van der Waals surface area contributed by atoms with Crippen molar-refractivity contribution in [2.45, 2.75) is 17.2 Å². The molecule has 0 atom stereocenters. The maximum Gasteiger partial charge on any atom is 0.0232 e.